The van der Waals surface area contributed by atoms with Gasteiger partial charge in [0.2, 0.25) is 0 Å². The number of esters is 1. The molecule has 3 aliphatic rings. The number of carbonyl (C=O) groups excluding carboxylic acids is 1. The van der Waals surface area contributed by atoms with Gasteiger partial charge in [-0.25, -0.2) is 0 Å². The van der Waals surface area contributed by atoms with Gasteiger partial charge in [0.15, 0.2) is 0 Å². The first-order chi connectivity index (χ1) is 11.1. The van der Waals surface area contributed by atoms with Crippen molar-refractivity contribution in [3.63, 3.8) is 0 Å². The van der Waals surface area contributed by atoms with E-state index >= 15 is 0 Å². The summed E-state index contributed by atoms with van der Waals surface area (Å²) < 4.78 is 5.68. The van der Waals surface area contributed by atoms with Crippen molar-refractivity contribution in [3.8, 4) is 5.75 Å². The second-order valence-corrected chi connectivity index (χ2v) is 7.82. The third-order valence-electron chi connectivity index (χ3n) is 6.31. The van der Waals surface area contributed by atoms with Crippen LogP contribution in [0.5, 0.6) is 5.75 Å². The summed E-state index contributed by atoms with van der Waals surface area (Å²) in [5.74, 6) is 1.90. The first kappa shape index (κ1) is 15.2. The van der Waals surface area contributed by atoms with Crippen molar-refractivity contribution in [3.05, 3.63) is 29.8 Å². The predicted molar refractivity (Wildman–Crippen MR) is 88.0 cm³/mol. The average molecular weight is 314 g/mol. The van der Waals surface area contributed by atoms with E-state index in [0.717, 1.165) is 43.6 Å². The van der Waals surface area contributed by atoms with E-state index < -0.39 is 5.60 Å². The molecule has 3 atom stereocenters. The first-order valence-electron chi connectivity index (χ1n) is 9.19. The van der Waals surface area contributed by atoms with Crippen molar-refractivity contribution < 1.29 is 14.6 Å². The molecule has 1 aromatic carbocycles. The molecule has 2 bridgehead atoms. The van der Waals surface area contributed by atoms with Crippen molar-refractivity contribution in [2.24, 2.45) is 17.8 Å². The lowest BCUT2D eigenvalue weighted by Crippen LogP contribution is -2.29. The highest BCUT2D eigenvalue weighted by Gasteiger charge is 2.44. The fourth-order valence-electron chi connectivity index (χ4n) is 5.00. The summed E-state index contributed by atoms with van der Waals surface area (Å²) in [5, 5.41) is 10.9. The lowest BCUT2D eigenvalue weighted by atomic mass is 9.80. The van der Waals surface area contributed by atoms with E-state index in [1.165, 1.54) is 25.7 Å². The van der Waals surface area contributed by atoms with Gasteiger partial charge in [-0.15, -0.1) is 0 Å². The van der Waals surface area contributed by atoms with Gasteiger partial charge in [0.1, 0.15) is 5.75 Å². The van der Waals surface area contributed by atoms with Crippen molar-refractivity contribution >= 4 is 5.97 Å². The predicted octanol–water partition coefficient (Wildman–Crippen LogP) is 4.18. The molecule has 3 unspecified atom stereocenters. The van der Waals surface area contributed by atoms with Crippen LogP contribution in [0.4, 0.5) is 0 Å². The number of ether oxygens (including phenoxy) is 1. The van der Waals surface area contributed by atoms with E-state index in [2.05, 4.69) is 0 Å². The highest BCUT2D eigenvalue weighted by Crippen LogP contribution is 2.48. The molecule has 1 N–H and O–H groups in total. The topological polar surface area (TPSA) is 46.5 Å². The second kappa shape index (κ2) is 5.94. The summed E-state index contributed by atoms with van der Waals surface area (Å²) >= 11 is 0. The van der Waals surface area contributed by atoms with Gasteiger partial charge in [-0.1, -0.05) is 37.8 Å². The van der Waals surface area contributed by atoms with Crippen LogP contribution < -0.4 is 4.74 Å². The summed E-state index contributed by atoms with van der Waals surface area (Å²) in [6, 6.07) is 7.56. The number of benzene rings is 1. The minimum atomic E-state index is -0.743. The minimum Gasteiger partial charge on any atom is -0.426 e. The third kappa shape index (κ3) is 2.91. The number of aliphatic hydroxyl groups is 1. The molecule has 0 heterocycles. The maximum Gasteiger partial charge on any atom is 0.314 e. The van der Waals surface area contributed by atoms with E-state index in [9.17, 15) is 9.90 Å². The zero-order chi connectivity index (χ0) is 15.9. The number of rotatable bonds is 3. The van der Waals surface area contributed by atoms with Gasteiger partial charge >= 0.3 is 5.97 Å². The number of hydrogen-bond acceptors (Lipinski definition) is 3. The number of carbonyl (C=O) groups is 1. The van der Waals surface area contributed by atoms with Crippen LogP contribution in [0.15, 0.2) is 24.3 Å². The Morgan fingerprint density at radius 1 is 1.13 bits per heavy atom. The smallest absolute Gasteiger partial charge is 0.314 e. The maximum atomic E-state index is 12.5. The van der Waals surface area contributed by atoms with Crippen molar-refractivity contribution in [1.29, 1.82) is 0 Å². The van der Waals surface area contributed by atoms with Gasteiger partial charge in [0, 0.05) is 0 Å². The van der Waals surface area contributed by atoms with Crippen LogP contribution >= 0.6 is 0 Å². The molecule has 0 aromatic heterocycles. The zero-order valence-corrected chi connectivity index (χ0v) is 13.7. The molecule has 0 amide bonds. The first-order valence-corrected chi connectivity index (χ1v) is 9.19. The lowest BCUT2D eigenvalue weighted by molar-refractivity contribution is -0.140. The Hall–Kier alpha value is -1.35. The molecule has 3 aliphatic carbocycles. The molecule has 23 heavy (non-hydrogen) atoms. The summed E-state index contributed by atoms with van der Waals surface area (Å²) in [5.41, 5.74) is 0.156. The maximum absolute atomic E-state index is 12.5. The van der Waals surface area contributed by atoms with Gasteiger partial charge in [0.05, 0.1) is 11.5 Å². The Labute approximate surface area is 138 Å². The number of hydrogen-bond donors (Lipinski definition) is 1. The number of fused-ring (bicyclic) bond motifs is 2. The van der Waals surface area contributed by atoms with Gasteiger partial charge < -0.3 is 9.84 Å². The largest absolute Gasteiger partial charge is 0.426 e. The zero-order valence-electron chi connectivity index (χ0n) is 13.7. The lowest BCUT2D eigenvalue weighted by Gasteiger charge is -2.32. The Kier molecular flexibility index (Phi) is 3.92. The highest BCUT2D eigenvalue weighted by molar-refractivity contribution is 5.76. The van der Waals surface area contributed by atoms with Gasteiger partial charge in [-0.2, -0.15) is 0 Å². The van der Waals surface area contributed by atoms with Crippen LogP contribution in [0.2, 0.25) is 0 Å². The Morgan fingerprint density at radius 3 is 2.65 bits per heavy atom. The van der Waals surface area contributed by atoms with E-state index in [4.69, 9.17) is 4.74 Å². The molecule has 124 valence electrons. The third-order valence-corrected chi connectivity index (χ3v) is 6.31. The van der Waals surface area contributed by atoms with E-state index in [1.807, 2.05) is 24.3 Å². The fourth-order valence-corrected chi connectivity index (χ4v) is 5.00. The van der Waals surface area contributed by atoms with Crippen molar-refractivity contribution in [1.82, 2.24) is 0 Å². The standard InChI is InChI=1S/C20H26O3/c21-19(18-12-14-7-8-15(18)11-14)23-17-6-4-5-16(13-17)20(22)9-2-1-3-10-20/h4-6,13-15,18,22H,1-3,7-12H2. The van der Waals surface area contributed by atoms with Crippen LogP contribution in [0.1, 0.15) is 63.4 Å². The fraction of sp³-hybridized carbons (Fsp3) is 0.650. The van der Waals surface area contributed by atoms with Crippen LogP contribution in [0, 0.1) is 17.8 Å². The van der Waals surface area contributed by atoms with E-state index in [0.29, 0.717) is 11.7 Å². The molecule has 4 rings (SSSR count). The van der Waals surface area contributed by atoms with Crippen LogP contribution in [0.25, 0.3) is 0 Å². The molecular weight excluding hydrogens is 288 g/mol. The molecule has 0 saturated heterocycles. The molecule has 0 aliphatic heterocycles. The van der Waals surface area contributed by atoms with E-state index in [-0.39, 0.29) is 11.9 Å². The summed E-state index contributed by atoms with van der Waals surface area (Å²) in [6.07, 6.45) is 9.61. The molecular formula is C20H26O3. The minimum absolute atomic E-state index is 0.0648. The monoisotopic (exact) mass is 314 g/mol. The molecule has 3 saturated carbocycles. The summed E-state index contributed by atoms with van der Waals surface area (Å²) in [7, 11) is 0. The molecule has 3 fully saturated rings. The molecule has 3 heteroatoms. The van der Waals surface area contributed by atoms with Crippen LogP contribution in [-0.2, 0) is 10.4 Å². The SMILES string of the molecule is O=C(Oc1cccc(C2(O)CCCCC2)c1)C1CC2CCC1C2. The van der Waals surface area contributed by atoms with Crippen molar-refractivity contribution in [2.45, 2.75) is 63.4 Å². The van der Waals surface area contributed by atoms with Gasteiger partial charge in [-0.05, 0) is 61.6 Å². The normalized spacial score (nSPS) is 32.0. The van der Waals surface area contributed by atoms with Crippen molar-refractivity contribution in [2.75, 3.05) is 0 Å². The van der Waals surface area contributed by atoms with Gasteiger partial charge in [0.25, 0.3) is 0 Å². The quantitative estimate of drug-likeness (QED) is 0.672. The molecule has 0 spiro atoms. The Balaban J connectivity index is 1.47. The highest BCUT2D eigenvalue weighted by atomic mass is 16.5. The summed E-state index contributed by atoms with van der Waals surface area (Å²) in [6.45, 7) is 0. The van der Waals surface area contributed by atoms with Crippen LogP contribution in [-0.4, -0.2) is 11.1 Å². The molecule has 3 nitrogen and oxygen atoms in total. The average Bonchev–Trinajstić information content (AvgIpc) is 3.19. The second-order valence-electron chi connectivity index (χ2n) is 7.82. The Bertz CT molecular complexity index is 588. The summed E-state index contributed by atoms with van der Waals surface area (Å²) in [4.78, 5) is 12.5. The van der Waals surface area contributed by atoms with Crippen LogP contribution in [0.3, 0.4) is 0 Å². The van der Waals surface area contributed by atoms with E-state index in [1.54, 1.807) is 0 Å². The molecule has 0 radical (unpaired) electrons. The molecule has 1 aromatic rings. The Morgan fingerprint density at radius 2 is 1.96 bits per heavy atom. The van der Waals surface area contributed by atoms with Gasteiger partial charge in [-0.3, -0.25) is 4.79 Å².